The lowest BCUT2D eigenvalue weighted by atomic mass is 10.4. The third kappa shape index (κ3) is 4.39. The smallest absolute Gasteiger partial charge is 0.0929 e. The van der Waals surface area contributed by atoms with E-state index in [-0.39, 0.29) is 6.10 Å². The fourth-order valence-electron chi connectivity index (χ4n) is 0.606. The average molecular weight is 133 g/mol. The first-order chi connectivity index (χ1) is 4.35. The number of methoxy groups -OCH3 is 1. The van der Waals surface area contributed by atoms with Gasteiger partial charge in [-0.25, -0.2) is 0 Å². The van der Waals surface area contributed by atoms with Crippen LogP contribution in [0.1, 0.15) is 6.92 Å². The summed E-state index contributed by atoms with van der Waals surface area (Å²) in [5, 5.41) is 0. The summed E-state index contributed by atoms with van der Waals surface area (Å²) in [4.78, 5) is 0. The largest absolute Gasteiger partial charge is 0.382 e. The van der Waals surface area contributed by atoms with Crippen LogP contribution in [-0.2, 0) is 9.47 Å². The van der Waals surface area contributed by atoms with Crippen molar-refractivity contribution >= 4 is 0 Å². The number of hydrogen-bond donors (Lipinski definition) is 1. The first kappa shape index (κ1) is 8.88. The standard InChI is InChI=1S/C6H15NO2/c1-3-9-6(4-7)5-8-2/h6H,3-5,7H2,1-2H3/t6-/m0/s1. The van der Waals surface area contributed by atoms with E-state index in [1.807, 2.05) is 6.92 Å². The van der Waals surface area contributed by atoms with Gasteiger partial charge in [0, 0.05) is 20.3 Å². The fourth-order valence-corrected chi connectivity index (χ4v) is 0.606. The van der Waals surface area contributed by atoms with Gasteiger partial charge in [0.25, 0.3) is 0 Å². The van der Waals surface area contributed by atoms with E-state index in [1.165, 1.54) is 0 Å². The number of nitrogens with two attached hydrogens (primary N) is 1. The maximum atomic E-state index is 5.34. The molecule has 0 saturated carbocycles. The zero-order valence-electron chi connectivity index (χ0n) is 6.09. The van der Waals surface area contributed by atoms with Crippen LogP contribution in [-0.4, -0.2) is 33.0 Å². The molecule has 0 bridgehead atoms. The highest BCUT2D eigenvalue weighted by Gasteiger charge is 2.02. The summed E-state index contributed by atoms with van der Waals surface area (Å²) in [5.41, 5.74) is 5.34. The second-order valence-electron chi connectivity index (χ2n) is 1.77. The van der Waals surface area contributed by atoms with Crippen molar-refractivity contribution in [1.29, 1.82) is 0 Å². The number of hydrogen-bond acceptors (Lipinski definition) is 3. The van der Waals surface area contributed by atoms with Crippen molar-refractivity contribution in [2.24, 2.45) is 5.73 Å². The van der Waals surface area contributed by atoms with Crippen molar-refractivity contribution in [1.82, 2.24) is 0 Å². The Bertz CT molecular complexity index is 53.0. The van der Waals surface area contributed by atoms with Gasteiger partial charge in [0.2, 0.25) is 0 Å². The quantitative estimate of drug-likeness (QED) is 0.574. The van der Waals surface area contributed by atoms with Gasteiger partial charge in [0.05, 0.1) is 12.7 Å². The van der Waals surface area contributed by atoms with Crippen molar-refractivity contribution in [3.05, 3.63) is 0 Å². The highest BCUT2D eigenvalue weighted by Crippen LogP contribution is 1.88. The highest BCUT2D eigenvalue weighted by atomic mass is 16.5. The van der Waals surface area contributed by atoms with Gasteiger partial charge >= 0.3 is 0 Å². The SMILES string of the molecule is CCO[C@@H](CN)COC. The van der Waals surface area contributed by atoms with Crippen molar-refractivity contribution in [2.45, 2.75) is 13.0 Å². The van der Waals surface area contributed by atoms with E-state index in [9.17, 15) is 0 Å². The molecule has 0 unspecified atom stereocenters. The molecule has 0 aromatic carbocycles. The molecule has 0 aliphatic carbocycles. The van der Waals surface area contributed by atoms with Gasteiger partial charge in [-0.05, 0) is 6.92 Å². The van der Waals surface area contributed by atoms with Gasteiger partial charge < -0.3 is 15.2 Å². The topological polar surface area (TPSA) is 44.5 Å². The van der Waals surface area contributed by atoms with E-state index < -0.39 is 0 Å². The monoisotopic (exact) mass is 133 g/mol. The summed E-state index contributed by atoms with van der Waals surface area (Å²) in [6.45, 7) is 3.76. The minimum absolute atomic E-state index is 0.0694. The third-order valence-corrected chi connectivity index (χ3v) is 1.02. The molecule has 9 heavy (non-hydrogen) atoms. The molecule has 0 aliphatic rings. The molecule has 0 fully saturated rings. The Kier molecular flexibility index (Phi) is 5.93. The van der Waals surface area contributed by atoms with Gasteiger partial charge in [-0.1, -0.05) is 0 Å². The molecule has 0 aromatic rings. The van der Waals surface area contributed by atoms with Gasteiger partial charge in [0.15, 0.2) is 0 Å². The Labute approximate surface area is 56.1 Å². The summed E-state index contributed by atoms with van der Waals surface area (Å²) >= 11 is 0. The van der Waals surface area contributed by atoms with Gasteiger partial charge in [-0.15, -0.1) is 0 Å². The highest BCUT2D eigenvalue weighted by molar-refractivity contribution is 4.54. The molecule has 0 saturated heterocycles. The molecule has 0 rings (SSSR count). The van der Waals surface area contributed by atoms with Gasteiger partial charge in [-0.3, -0.25) is 0 Å². The van der Waals surface area contributed by atoms with Gasteiger partial charge in [0.1, 0.15) is 0 Å². The van der Waals surface area contributed by atoms with Crippen molar-refractivity contribution in [2.75, 3.05) is 26.9 Å². The maximum absolute atomic E-state index is 5.34. The predicted octanol–water partition coefficient (Wildman–Crippen LogP) is -0.00340. The normalized spacial score (nSPS) is 13.7. The Balaban J connectivity index is 3.18. The Hall–Kier alpha value is -0.120. The van der Waals surface area contributed by atoms with Crippen LogP contribution in [0, 0.1) is 0 Å². The molecule has 2 N–H and O–H groups in total. The zero-order valence-corrected chi connectivity index (χ0v) is 6.09. The summed E-state index contributed by atoms with van der Waals surface area (Å²) in [6, 6.07) is 0. The van der Waals surface area contributed by atoms with Crippen molar-refractivity contribution < 1.29 is 9.47 Å². The first-order valence-electron chi connectivity index (χ1n) is 3.15. The summed E-state index contributed by atoms with van der Waals surface area (Å²) in [5.74, 6) is 0. The second kappa shape index (κ2) is 6.01. The molecule has 3 nitrogen and oxygen atoms in total. The molecule has 1 atom stereocenters. The Morgan fingerprint density at radius 1 is 1.56 bits per heavy atom. The molecular weight excluding hydrogens is 118 g/mol. The number of rotatable bonds is 5. The van der Waals surface area contributed by atoms with Crippen molar-refractivity contribution in [3.63, 3.8) is 0 Å². The second-order valence-corrected chi connectivity index (χ2v) is 1.77. The average Bonchev–Trinajstić information content (AvgIpc) is 1.88. The predicted molar refractivity (Wildman–Crippen MR) is 36.3 cm³/mol. The van der Waals surface area contributed by atoms with Crippen LogP contribution in [0.25, 0.3) is 0 Å². The third-order valence-electron chi connectivity index (χ3n) is 1.02. The van der Waals surface area contributed by atoms with E-state index in [0.29, 0.717) is 19.8 Å². The fraction of sp³-hybridized carbons (Fsp3) is 1.00. The molecule has 0 amide bonds. The molecule has 3 heteroatoms. The van der Waals surface area contributed by atoms with Crippen LogP contribution < -0.4 is 5.73 Å². The van der Waals surface area contributed by atoms with E-state index in [2.05, 4.69) is 0 Å². The zero-order chi connectivity index (χ0) is 7.11. The van der Waals surface area contributed by atoms with Crippen LogP contribution in [0.15, 0.2) is 0 Å². The number of ether oxygens (including phenoxy) is 2. The minimum atomic E-state index is 0.0694. The van der Waals surface area contributed by atoms with Crippen LogP contribution in [0.4, 0.5) is 0 Å². The molecule has 56 valence electrons. The van der Waals surface area contributed by atoms with Crippen LogP contribution in [0.3, 0.4) is 0 Å². The summed E-state index contributed by atoms with van der Waals surface area (Å²) < 4.78 is 10.0. The lowest BCUT2D eigenvalue weighted by Gasteiger charge is -2.12. The lowest BCUT2D eigenvalue weighted by molar-refractivity contribution is 0.00977. The van der Waals surface area contributed by atoms with Crippen LogP contribution >= 0.6 is 0 Å². The Morgan fingerprint density at radius 3 is 2.56 bits per heavy atom. The van der Waals surface area contributed by atoms with Crippen LogP contribution in [0.5, 0.6) is 0 Å². The molecule has 0 spiro atoms. The van der Waals surface area contributed by atoms with E-state index in [4.69, 9.17) is 15.2 Å². The Morgan fingerprint density at radius 2 is 2.22 bits per heavy atom. The molecule has 0 aliphatic heterocycles. The minimum Gasteiger partial charge on any atom is -0.382 e. The molecule has 0 heterocycles. The molecule has 0 aromatic heterocycles. The van der Waals surface area contributed by atoms with Crippen LogP contribution in [0.2, 0.25) is 0 Å². The maximum Gasteiger partial charge on any atom is 0.0929 e. The van der Waals surface area contributed by atoms with E-state index in [1.54, 1.807) is 7.11 Å². The first-order valence-corrected chi connectivity index (χ1v) is 3.15. The molecular formula is C6H15NO2. The lowest BCUT2D eigenvalue weighted by Crippen LogP contribution is -2.28. The van der Waals surface area contributed by atoms with E-state index in [0.717, 1.165) is 0 Å². The molecule has 0 radical (unpaired) electrons. The summed E-state index contributed by atoms with van der Waals surface area (Å²) in [6.07, 6.45) is 0.0694. The van der Waals surface area contributed by atoms with Gasteiger partial charge in [-0.2, -0.15) is 0 Å². The van der Waals surface area contributed by atoms with Crippen molar-refractivity contribution in [3.8, 4) is 0 Å². The summed E-state index contributed by atoms with van der Waals surface area (Å²) in [7, 11) is 1.64. The van der Waals surface area contributed by atoms with E-state index >= 15 is 0 Å².